The van der Waals surface area contributed by atoms with Crippen LogP contribution in [0, 0.1) is 0 Å². The first-order chi connectivity index (χ1) is 12.1. The Bertz CT molecular complexity index is 615. The molecule has 2 atom stereocenters. The van der Waals surface area contributed by atoms with Gasteiger partial charge in [-0.1, -0.05) is 50.1 Å². The number of carbonyl (C=O) groups excluding carboxylic acids is 3. The Hall–Kier alpha value is -1.92. The molecule has 0 aliphatic heterocycles. The van der Waals surface area contributed by atoms with Crippen LogP contribution in [0.3, 0.4) is 0 Å². The molecule has 0 aliphatic carbocycles. The molecule has 1 aromatic carbocycles. The Balaban J connectivity index is 0.00000676. The molecule has 1 aromatic rings. The van der Waals surface area contributed by atoms with E-state index in [1.807, 2.05) is 37.3 Å². The molecule has 1 rings (SSSR count). The van der Waals surface area contributed by atoms with E-state index in [2.05, 4.69) is 10.6 Å². The van der Waals surface area contributed by atoms with E-state index in [9.17, 15) is 14.4 Å². The molecule has 7 heteroatoms. The summed E-state index contributed by atoms with van der Waals surface area (Å²) in [6, 6.07) is 7.64. The van der Waals surface area contributed by atoms with E-state index in [1.54, 1.807) is 20.8 Å². The summed E-state index contributed by atoms with van der Waals surface area (Å²) in [6.07, 6.45) is 2.55. The molecule has 2 amide bonds. The average molecular weight is 398 g/mol. The lowest BCUT2D eigenvalue weighted by molar-refractivity contribution is -0.141. The number of hydrogen-bond acceptors (Lipinski definition) is 4. The highest BCUT2D eigenvalue weighted by Crippen LogP contribution is 2.07. The molecule has 0 aliphatic rings. The van der Waals surface area contributed by atoms with Crippen molar-refractivity contribution in [3.8, 4) is 0 Å². The number of nitrogens with one attached hydrogen (secondary N) is 2. The van der Waals surface area contributed by atoms with E-state index in [4.69, 9.17) is 5.73 Å². The maximum atomic E-state index is 12.6. The maximum absolute atomic E-state index is 12.6. The molecule has 0 saturated carbocycles. The van der Waals surface area contributed by atoms with Crippen LogP contribution >= 0.6 is 12.4 Å². The fourth-order valence-corrected chi connectivity index (χ4v) is 2.45. The molecular formula is C20H32ClN3O3. The standard InChI is InChI=1S/C20H31N3O3.ClH/c1-5-6-12-15(21)18(25)22-16(13-14-10-8-7-9-11-14)17(24)19(26)23-20(2,3)4;/h7-11,15-16H,5-6,12-13,21H2,1-4H3,(H,22,25)(H,23,26);1H. The first-order valence-electron chi connectivity index (χ1n) is 9.10. The van der Waals surface area contributed by atoms with Crippen LogP contribution < -0.4 is 16.4 Å². The topological polar surface area (TPSA) is 101 Å². The van der Waals surface area contributed by atoms with Gasteiger partial charge in [0.25, 0.3) is 5.91 Å². The summed E-state index contributed by atoms with van der Waals surface area (Å²) in [4.78, 5) is 37.2. The summed E-state index contributed by atoms with van der Waals surface area (Å²) in [5, 5.41) is 5.32. The third-order valence-corrected chi connectivity index (χ3v) is 3.83. The average Bonchev–Trinajstić information content (AvgIpc) is 2.57. The Morgan fingerprint density at radius 2 is 1.70 bits per heavy atom. The largest absolute Gasteiger partial charge is 0.345 e. The van der Waals surface area contributed by atoms with Crippen molar-refractivity contribution in [1.29, 1.82) is 0 Å². The monoisotopic (exact) mass is 397 g/mol. The highest BCUT2D eigenvalue weighted by molar-refractivity contribution is 6.38. The minimum atomic E-state index is -0.945. The first-order valence-corrected chi connectivity index (χ1v) is 9.10. The zero-order valence-electron chi connectivity index (χ0n) is 16.6. The smallest absolute Gasteiger partial charge is 0.290 e. The molecule has 6 nitrogen and oxygen atoms in total. The molecule has 0 fully saturated rings. The van der Waals surface area contributed by atoms with Gasteiger partial charge >= 0.3 is 0 Å². The molecule has 4 N–H and O–H groups in total. The van der Waals surface area contributed by atoms with Crippen molar-refractivity contribution in [3.63, 3.8) is 0 Å². The zero-order chi connectivity index (χ0) is 19.7. The van der Waals surface area contributed by atoms with Gasteiger partial charge in [0.1, 0.15) is 6.04 Å². The second kappa shape index (κ2) is 11.7. The number of rotatable bonds is 9. The van der Waals surface area contributed by atoms with Crippen molar-refractivity contribution < 1.29 is 14.4 Å². The van der Waals surface area contributed by atoms with Gasteiger partial charge in [-0.2, -0.15) is 0 Å². The Morgan fingerprint density at radius 1 is 1.11 bits per heavy atom. The number of Topliss-reactive ketones (excluding diaryl/α,β-unsaturated/α-hetero) is 1. The van der Waals surface area contributed by atoms with Crippen LogP contribution in [0.2, 0.25) is 0 Å². The third-order valence-electron chi connectivity index (χ3n) is 3.83. The second-order valence-electron chi connectivity index (χ2n) is 7.57. The summed E-state index contributed by atoms with van der Waals surface area (Å²) in [5.74, 6) is -1.78. The van der Waals surface area contributed by atoms with Gasteiger partial charge in [0.2, 0.25) is 11.7 Å². The Labute approximate surface area is 168 Å². The van der Waals surface area contributed by atoms with Crippen LogP contribution in [0.4, 0.5) is 0 Å². The van der Waals surface area contributed by atoms with Crippen molar-refractivity contribution in [2.75, 3.05) is 0 Å². The number of benzene rings is 1. The first kappa shape index (κ1) is 25.1. The van der Waals surface area contributed by atoms with E-state index < -0.39 is 35.2 Å². The summed E-state index contributed by atoms with van der Waals surface area (Å²) in [6.45, 7) is 7.40. The molecular weight excluding hydrogens is 366 g/mol. The number of hydrogen-bond donors (Lipinski definition) is 3. The molecule has 0 bridgehead atoms. The molecule has 0 spiro atoms. The van der Waals surface area contributed by atoms with Gasteiger partial charge in [-0.3, -0.25) is 14.4 Å². The normalized spacial score (nSPS) is 13.1. The quantitative estimate of drug-likeness (QED) is 0.555. The molecule has 27 heavy (non-hydrogen) atoms. The lowest BCUT2D eigenvalue weighted by Gasteiger charge is -2.23. The lowest BCUT2D eigenvalue weighted by atomic mass is 10.00. The number of halogens is 1. The van der Waals surface area contributed by atoms with Crippen LogP contribution in [0.15, 0.2) is 30.3 Å². The Morgan fingerprint density at radius 3 is 2.22 bits per heavy atom. The van der Waals surface area contributed by atoms with E-state index in [1.165, 1.54) is 0 Å². The molecule has 0 heterocycles. The fourth-order valence-electron chi connectivity index (χ4n) is 2.45. The van der Waals surface area contributed by atoms with Crippen molar-refractivity contribution in [2.24, 2.45) is 5.73 Å². The molecule has 152 valence electrons. The number of amides is 2. The third kappa shape index (κ3) is 9.54. The van der Waals surface area contributed by atoms with Gasteiger partial charge in [-0.25, -0.2) is 0 Å². The minimum absolute atomic E-state index is 0. The van der Waals surface area contributed by atoms with E-state index in [0.717, 1.165) is 18.4 Å². The van der Waals surface area contributed by atoms with Crippen LogP contribution in [0.5, 0.6) is 0 Å². The Kier molecular flexibility index (Phi) is 10.9. The summed E-state index contributed by atoms with van der Waals surface area (Å²) < 4.78 is 0. The number of ketones is 1. The lowest BCUT2D eigenvalue weighted by Crippen LogP contribution is -2.54. The zero-order valence-corrected chi connectivity index (χ0v) is 17.4. The van der Waals surface area contributed by atoms with Crippen molar-refractivity contribution in [3.05, 3.63) is 35.9 Å². The number of carbonyl (C=O) groups is 3. The minimum Gasteiger partial charge on any atom is -0.345 e. The van der Waals surface area contributed by atoms with Crippen LogP contribution in [-0.4, -0.2) is 35.2 Å². The van der Waals surface area contributed by atoms with Crippen molar-refractivity contribution >= 4 is 30.0 Å². The van der Waals surface area contributed by atoms with Crippen LogP contribution in [-0.2, 0) is 20.8 Å². The van der Waals surface area contributed by atoms with Gasteiger partial charge in [0.15, 0.2) is 0 Å². The molecule has 0 aromatic heterocycles. The molecule has 0 radical (unpaired) electrons. The van der Waals surface area contributed by atoms with E-state index >= 15 is 0 Å². The van der Waals surface area contributed by atoms with Gasteiger partial charge in [0, 0.05) is 12.0 Å². The molecule has 0 saturated heterocycles. The van der Waals surface area contributed by atoms with Crippen molar-refractivity contribution in [1.82, 2.24) is 10.6 Å². The number of nitrogens with two attached hydrogens (primary N) is 1. The van der Waals surface area contributed by atoms with Gasteiger partial charge in [-0.15, -0.1) is 12.4 Å². The maximum Gasteiger partial charge on any atom is 0.290 e. The highest BCUT2D eigenvalue weighted by Gasteiger charge is 2.30. The van der Waals surface area contributed by atoms with Gasteiger partial charge < -0.3 is 16.4 Å². The summed E-state index contributed by atoms with van der Waals surface area (Å²) in [7, 11) is 0. The predicted molar refractivity (Wildman–Crippen MR) is 110 cm³/mol. The van der Waals surface area contributed by atoms with Crippen molar-refractivity contribution in [2.45, 2.75) is 71.0 Å². The van der Waals surface area contributed by atoms with Crippen LogP contribution in [0.25, 0.3) is 0 Å². The summed E-state index contributed by atoms with van der Waals surface area (Å²) >= 11 is 0. The van der Waals surface area contributed by atoms with E-state index in [0.29, 0.717) is 6.42 Å². The van der Waals surface area contributed by atoms with E-state index in [-0.39, 0.29) is 18.8 Å². The number of unbranched alkanes of at least 4 members (excludes halogenated alkanes) is 1. The summed E-state index contributed by atoms with van der Waals surface area (Å²) in [5.41, 5.74) is 6.22. The van der Waals surface area contributed by atoms with Gasteiger partial charge in [-0.05, 0) is 32.8 Å². The predicted octanol–water partition coefficient (Wildman–Crippen LogP) is 2.14. The second-order valence-corrected chi connectivity index (χ2v) is 7.57. The molecule has 2 unspecified atom stereocenters. The van der Waals surface area contributed by atoms with Crippen LogP contribution in [0.1, 0.15) is 52.5 Å². The SMILES string of the molecule is CCCCC(N)C(=O)NC(Cc1ccccc1)C(=O)C(=O)NC(C)(C)C.Cl. The fraction of sp³-hybridized carbons (Fsp3) is 0.550. The van der Waals surface area contributed by atoms with Gasteiger partial charge in [0.05, 0.1) is 6.04 Å². The highest BCUT2D eigenvalue weighted by atomic mass is 35.5.